The van der Waals surface area contributed by atoms with Gasteiger partial charge in [0.05, 0.1) is 11.8 Å². The largest absolute Gasteiger partial charge is 0.360 e. The molecule has 0 aliphatic carbocycles. The molecule has 2 N–H and O–H groups in total. The van der Waals surface area contributed by atoms with E-state index in [1.165, 1.54) is 18.3 Å². The number of amides is 1. The first kappa shape index (κ1) is 13.1. The third kappa shape index (κ3) is 2.81. The zero-order valence-corrected chi connectivity index (χ0v) is 11.0. The number of hydrogen-bond donors (Lipinski definition) is 2. The Labute approximate surface area is 120 Å². The summed E-state index contributed by atoms with van der Waals surface area (Å²) in [5.74, 6) is -0.665. The van der Waals surface area contributed by atoms with E-state index in [1.807, 2.05) is 24.3 Å². The van der Waals surface area contributed by atoms with Gasteiger partial charge in [0.25, 0.3) is 5.91 Å². The van der Waals surface area contributed by atoms with Crippen LogP contribution in [0.3, 0.4) is 0 Å². The van der Waals surface area contributed by atoms with E-state index < -0.39 is 0 Å². The number of aromatic amines is 1. The van der Waals surface area contributed by atoms with Crippen molar-refractivity contribution in [1.29, 1.82) is 0 Å². The Bertz CT molecular complexity index is 823. The molecule has 0 unspecified atom stereocenters. The number of fused-ring (bicyclic) bond motifs is 1. The van der Waals surface area contributed by atoms with Gasteiger partial charge in [0.1, 0.15) is 5.82 Å². The van der Waals surface area contributed by atoms with E-state index in [-0.39, 0.29) is 11.7 Å². The molecule has 1 amide bonds. The van der Waals surface area contributed by atoms with Gasteiger partial charge >= 0.3 is 0 Å². The molecule has 0 radical (unpaired) electrons. The Kier molecular flexibility index (Phi) is 3.47. The third-order valence-corrected chi connectivity index (χ3v) is 3.06. The van der Waals surface area contributed by atoms with E-state index in [0.29, 0.717) is 11.1 Å². The van der Waals surface area contributed by atoms with Crippen LogP contribution in [-0.4, -0.2) is 17.1 Å². The van der Waals surface area contributed by atoms with Gasteiger partial charge in [-0.1, -0.05) is 30.3 Å². The SMILES string of the molecule is O=C(N/N=C/c1cccc(F)c1)c1c[nH]c2ccccc12. The molecule has 4 nitrogen and oxygen atoms in total. The minimum atomic E-state index is -0.345. The highest BCUT2D eigenvalue weighted by Crippen LogP contribution is 2.17. The van der Waals surface area contributed by atoms with Crippen molar-refractivity contribution < 1.29 is 9.18 Å². The van der Waals surface area contributed by atoms with Crippen LogP contribution in [0.2, 0.25) is 0 Å². The first-order chi connectivity index (χ1) is 10.2. The lowest BCUT2D eigenvalue weighted by atomic mass is 10.2. The van der Waals surface area contributed by atoms with E-state index in [1.54, 1.807) is 18.3 Å². The molecule has 0 aliphatic heterocycles. The molecule has 0 spiro atoms. The number of hydrogen-bond acceptors (Lipinski definition) is 2. The number of para-hydroxylation sites is 1. The van der Waals surface area contributed by atoms with E-state index >= 15 is 0 Å². The van der Waals surface area contributed by atoms with Gasteiger partial charge in [-0.25, -0.2) is 9.82 Å². The van der Waals surface area contributed by atoms with Crippen LogP contribution in [0.4, 0.5) is 4.39 Å². The van der Waals surface area contributed by atoms with Gasteiger partial charge in [-0.15, -0.1) is 0 Å². The van der Waals surface area contributed by atoms with Gasteiger partial charge in [0, 0.05) is 17.1 Å². The molecule has 2 aromatic carbocycles. The highest BCUT2D eigenvalue weighted by atomic mass is 19.1. The topological polar surface area (TPSA) is 57.2 Å². The van der Waals surface area contributed by atoms with Crippen molar-refractivity contribution in [1.82, 2.24) is 10.4 Å². The van der Waals surface area contributed by atoms with Crippen LogP contribution in [0.25, 0.3) is 10.9 Å². The Balaban J connectivity index is 1.75. The maximum atomic E-state index is 13.0. The van der Waals surface area contributed by atoms with Crippen molar-refractivity contribution >= 4 is 23.0 Å². The van der Waals surface area contributed by atoms with Crippen molar-refractivity contribution in [2.24, 2.45) is 5.10 Å². The molecule has 0 fully saturated rings. The van der Waals surface area contributed by atoms with Crippen LogP contribution < -0.4 is 5.43 Å². The summed E-state index contributed by atoms with van der Waals surface area (Å²) >= 11 is 0. The van der Waals surface area contributed by atoms with Crippen molar-refractivity contribution in [3.63, 3.8) is 0 Å². The number of nitrogens with zero attached hydrogens (tertiary/aromatic N) is 1. The van der Waals surface area contributed by atoms with Crippen LogP contribution in [-0.2, 0) is 0 Å². The molecule has 0 aliphatic rings. The molecule has 0 bridgehead atoms. The molecule has 3 aromatic rings. The van der Waals surface area contributed by atoms with Crippen LogP contribution in [0.15, 0.2) is 59.8 Å². The van der Waals surface area contributed by atoms with Crippen molar-refractivity contribution in [3.8, 4) is 0 Å². The predicted molar refractivity (Wildman–Crippen MR) is 79.8 cm³/mol. The molecule has 0 saturated carbocycles. The molecule has 21 heavy (non-hydrogen) atoms. The zero-order valence-electron chi connectivity index (χ0n) is 11.0. The Hall–Kier alpha value is -2.95. The number of halogens is 1. The molecule has 1 heterocycles. The lowest BCUT2D eigenvalue weighted by Crippen LogP contribution is -2.17. The van der Waals surface area contributed by atoms with Crippen LogP contribution in [0, 0.1) is 5.82 Å². The molecule has 3 rings (SSSR count). The number of benzene rings is 2. The van der Waals surface area contributed by atoms with Gasteiger partial charge in [-0.05, 0) is 23.8 Å². The summed E-state index contributed by atoms with van der Waals surface area (Å²) in [6.07, 6.45) is 3.04. The second-order valence-electron chi connectivity index (χ2n) is 4.50. The monoisotopic (exact) mass is 281 g/mol. The van der Waals surface area contributed by atoms with Crippen molar-refractivity contribution in [3.05, 3.63) is 71.7 Å². The number of carbonyl (C=O) groups excluding carboxylic acids is 1. The Morgan fingerprint density at radius 1 is 1.19 bits per heavy atom. The summed E-state index contributed by atoms with van der Waals surface area (Å²) < 4.78 is 13.0. The van der Waals surface area contributed by atoms with Crippen LogP contribution >= 0.6 is 0 Å². The number of H-pyrrole nitrogens is 1. The van der Waals surface area contributed by atoms with Gasteiger partial charge in [0.15, 0.2) is 0 Å². The Morgan fingerprint density at radius 2 is 2.05 bits per heavy atom. The summed E-state index contributed by atoms with van der Waals surface area (Å²) in [4.78, 5) is 15.1. The lowest BCUT2D eigenvalue weighted by molar-refractivity contribution is 0.0957. The number of rotatable bonds is 3. The lowest BCUT2D eigenvalue weighted by Gasteiger charge is -1.98. The molecule has 0 atom stereocenters. The molecular weight excluding hydrogens is 269 g/mol. The minimum absolute atomic E-state index is 0.319. The zero-order chi connectivity index (χ0) is 14.7. The molecule has 104 valence electrons. The van der Waals surface area contributed by atoms with Crippen molar-refractivity contribution in [2.45, 2.75) is 0 Å². The quantitative estimate of drug-likeness (QED) is 0.562. The average molecular weight is 281 g/mol. The fourth-order valence-electron chi connectivity index (χ4n) is 2.07. The van der Waals surface area contributed by atoms with Crippen molar-refractivity contribution in [2.75, 3.05) is 0 Å². The average Bonchev–Trinajstić information content (AvgIpc) is 2.91. The van der Waals surface area contributed by atoms with E-state index in [4.69, 9.17) is 0 Å². The molecule has 0 saturated heterocycles. The third-order valence-electron chi connectivity index (χ3n) is 3.06. The van der Waals surface area contributed by atoms with Gasteiger partial charge < -0.3 is 4.98 Å². The molecule has 5 heteroatoms. The smallest absolute Gasteiger partial charge is 0.273 e. The minimum Gasteiger partial charge on any atom is -0.360 e. The summed E-state index contributed by atoms with van der Waals surface area (Å²) in [5.41, 5.74) is 4.41. The van der Waals surface area contributed by atoms with Crippen LogP contribution in [0.1, 0.15) is 15.9 Å². The van der Waals surface area contributed by atoms with E-state index in [2.05, 4.69) is 15.5 Å². The number of aromatic nitrogens is 1. The number of nitrogens with one attached hydrogen (secondary N) is 2. The summed E-state index contributed by atoms with van der Waals surface area (Å²) in [6.45, 7) is 0. The van der Waals surface area contributed by atoms with Gasteiger partial charge in [-0.2, -0.15) is 5.10 Å². The predicted octanol–water partition coefficient (Wildman–Crippen LogP) is 3.07. The fourth-order valence-corrected chi connectivity index (χ4v) is 2.07. The highest BCUT2D eigenvalue weighted by Gasteiger charge is 2.10. The van der Waals surface area contributed by atoms with E-state index in [0.717, 1.165) is 10.9 Å². The molecule has 1 aromatic heterocycles. The standard InChI is InChI=1S/C16H12FN3O/c17-12-5-3-4-11(8-12)9-19-20-16(21)14-10-18-15-7-2-1-6-13(14)15/h1-10,18H,(H,20,21)/b19-9+. The number of hydrazone groups is 1. The van der Waals surface area contributed by atoms with Gasteiger partial charge in [-0.3, -0.25) is 4.79 Å². The normalized spacial score (nSPS) is 11.1. The van der Waals surface area contributed by atoms with Crippen LogP contribution in [0.5, 0.6) is 0 Å². The summed E-state index contributed by atoms with van der Waals surface area (Å²) in [6, 6.07) is 13.5. The summed E-state index contributed by atoms with van der Waals surface area (Å²) in [5, 5.41) is 4.67. The highest BCUT2D eigenvalue weighted by molar-refractivity contribution is 6.06. The Morgan fingerprint density at radius 3 is 2.90 bits per heavy atom. The molecular formula is C16H12FN3O. The first-order valence-corrected chi connectivity index (χ1v) is 6.39. The first-order valence-electron chi connectivity index (χ1n) is 6.39. The maximum Gasteiger partial charge on any atom is 0.273 e. The maximum absolute atomic E-state index is 13.0. The van der Waals surface area contributed by atoms with Gasteiger partial charge in [0.2, 0.25) is 0 Å². The second kappa shape index (κ2) is 5.58. The fraction of sp³-hybridized carbons (Fsp3) is 0. The number of carbonyl (C=O) groups is 1. The summed E-state index contributed by atoms with van der Waals surface area (Å²) in [7, 11) is 0. The second-order valence-corrected chi connectivity index (χ2v) is 4.50. The van der Waals surface area contributed by atoms with E-state index in [9.17, 15) is 9.18 Å².